The van der Waals surface area contributed by atoms with E-state index < -0.39 is 36.0 Å². The molecule has 4 atom stereocenters. The number of anilines is 2. The molecule has 2 bridgehead atoms. The van der Waals surface area contributed by atoms with Gasteiger partial charge in [-0.3, -0.25) is 9.36 Å². The van der Waals surface area contributed by atoms with Gasteiger partial charge in [0.25, 0.3) is 5.91 Å². The number of aliphatic hydroxyl groups excluding tert-OH is 1. The monoisotopic (exact) mass is 962 g/mol. The molecule has 0 radical (unpaired) electrons. The van der Waals surface area contributed by atoms with E-state index in [2.05, 4.69) is 46.7 Å². The molecule has 2 aliphatic heterocycles. The molecule has 2 aliphatic rings. The van der Waals surface area contributed by atoms with Crippen LogP contribution in [0, 0.1) is 0 Å². The lowest BCUT2D eigenvalue weighted by molar-refractivity contribution is -0.114. The highest BCUT2D eigenvalue weighted by Crippen LogP contribution is 2.47. The lowest BCUT2D eigenvalue weighted by Crippen LogP contribution is -2.38. The number of phenols is 1. The maximum Gasteiger partial charge on any atom is 0.251 e. The zero-order valence-corrected chi connectivity index (χ0v) is 39.6. The Labute approximate surface area is 410 Å². The van der Waals surface area contributed by atoms with E-state index in [0.717, 1.165) is 16.7 Å². The van der Waals surface area contributed by atoms with Gasteiger partial charge in [0, 0.05) is 43.6 Å². The number of carbonyl (C=O) groups excluding carboxylic acids is 1. The fourth-order valence-corrected chi connectivity index (χ4v) is 9.14. The number of benzene rings is 5. The third kappa shape index (κ3) is 9.73. The predicted octanol–water partition coefficient (Wildman–Crippen LogP) is 7.46. The van der Waals surface area contributed by atoms with Crippen LogP contribution in [0.2, 0.25) is 0 Å². The summed E-state index contributed by atoms with van der Waals surface area (Å²) in [5, 5.41) is 26.3. The van der Waals surface area contributed by atoms with Crippen LogP contribution >= 0.6 is 0 Å². The number of methoxy groups -OCH3 is 4. The fourth-order valence-electron chi connectivity index (χ4n) is 9.14. The molecule has 1 saturated heterocycles. The number of phenolic OH excluding ortho intramolecular Hbond substituents is 1. The maximum absolute atomic E-state index is 14.9. The SMILES string of the molecule is COCOc1cc2c(OCOC)c(c1OC)C/C=C/CO[C@H]1[C@@H](O)[C@H](n3cnc4c(NC(c5ccccc5)(c5ccccc5)c5ccccc5)ncnc43)O[C@@H]1/C=C/C(=O)N2Cc1ccc(O)cc1OC. The van der Waals surface area contributed by atoms with E-state index in [1.807, 2.05) is 66.7 Å². The van der Waals surface area contributed by atoms with Crippen molar-refractivity contribution in [2.45, 2.75) is 43.0 Å². The number of hydrogen-bond acceptors (Lipinski definition) is 15. The molecule has 1 fully saturated rings. The molecule has 2 aromatic heterocycles. The van der Waals surface area contributed by atoms with Crippen molar-refractivity contribution in [3.63, 3.8) is 0 Å². The zero-order chi connectivity index (χ0) is 49.3. The average molecular weight is 963 g/mol. The van der Waals surface area contributed by atoms with Gasteiger partial charge in [-0.2, -0.15) is 0 Å². The highest BCUT2D eigenvalue weighted by molar-refractivity contribution is 6.03. The Kier molecular flexibility index (Phi) is 14.9. The number of carbonyl (C=O) groups is 1. The van der Waals surface area contributed by atoms with E-state index in [0.29, 0.717) is 45.3 Å². The van der Waals surface area contributed by atoms with E-state index in [4.69, 9.17) is 47.9 Å². The van der Waals surface area contributed by atoms with E-state index in [-0.39, 0.29) is 50.4 Å². The van der Waals surface area contributed by atoms with Gasteiger partial charge >= 0.3 is 0 Å². The molecule has 366 valence electrons. The number of aromatic hydroxyl groups is 1. The summed E-state index contributed by atoms with van der Waals surface area (Å²) in [6.07, 6.45) is 5.60. The van der Waals surface area contributed by atoms with Crippen LogP contribution in [0.25, 0.3) is 11.2 Å². The Morgan fingerprint density at radius 1 is 0.775 bits per heavy atom. The second-order valence-corrected chi connectivity index (χ2v) is 16.6. The maximum atomic E-state index is 14.9. The van der Waals surface area contributed by atoms with Gasteiger partial charge in [0.2, 0.25) is 0 Å². The second-order valence-electron chi connectivity index (χ2n) is 16.6. The van der Waals surface area contributed by atoms with Crippen molar-refractivity contribution < 1.29 is 52.9 Å². The van der Waals surface area contributed by atoms with Gasteiger partial charge in [-0.1, -0.05) is 103 Å². The van der Waals surface area contributed by atoms with Crippen molar-refractivity contribution >= 4 is 28.6 Å². The molecule has 1 amide bonds. The number of aliphatic hydroxyl groups is 1. The average Bonchev–Trinajstić information content (AvgIpc) is 3.98. The van der Waals surface area contributed by atoms with Crippen LogP contribution < -0.4 is 29.2 Å². The van der Waals surface area contributed by atoms with Gasteiger partial charge in [0.05, 0.1) is 39.4 Å². The number of imidazole rings is 1. The lowest BCUT2D eigenvalue weighted by Gasteiger charge is -2.37. The van der Waals surface area contributed by atoms with Gasteiger partial charge < -0.3 is 58.3 Å². The van der Waals surface area contributed by atoms with Crippen LogP contribution in [0.4, 0.5) is 11.5 Å². The molecular weight excluding hydrogens is 909 g/mol. The minimum absolute atomic E-state index is 0.0162. The first kappa shape index (κ1) is 48.2. The molecule has 4 heterocycles. The van der Waals surface area contributed by atoms with Crippen molar-refractivity contribution in [3.8, 4) is 28.7 Å². The van der Waals surface area contributed by atoms with E-state index in [9.17, 15) is 15.0 Å². The molecular formula is C54H54N6O11. The molecule has 7 aromatic rings. The summed E-state index contributed by atoms with van der Waals surface area (Å²) in [6.45, 7) is -0.277. The van der Waals surface area contributed by atoms with Gasteiger partial charge in [0.15, 0.2) is 54.0 Å². The smallest absolute Gasteiger partial charge is 0.251 e. The Hall–Kier alpha value is -7.80. The first-order valence-corrected chi connectivity index (χ1v) is 22.8. The molecule has 71 heavy (non-hydrogen) atoms. The van der Waals surface area contributed by atoms with Crippen LogP contribution in [0.15, 0.2) is 152 Å². The molecule has 9 rings (SSSR count). The topological polar surface area (TPSA) is 190 Å². The van der Waals surface area contributed by atoms with Crippen molar-refractivity contribution in [2.75, 3.05) is 58.8 Å². The number of fused-ring (bicyclic) bond motifs is 4. The molecule has 0 saturated carbocycles. The highest BCUT2D eigenvalue weighted by Gasteiger charge is 2.46. The highest BCUT2D eigenvalue weighted by atomic mass is 16.7. The van der Waals surface area contributed by atoms with E-state index >= 15 is 0 Å². The van der Waals surface area contributed by atoms with Crippen molar-refractivity contribution in [3.05, 3.63) is 180 Å². The Morgan fingerprint density at radius 2 is 1.45 bits per heavy atom. The molecule has 17 heteroatoms. The van der Waals surface area contributed by atoms with Crippen LogP contribution in [0.5, 0.6) is 28.7 Å². The number of nitrogens with one attached hydrogen (secondary N) is 1. The van der Waals surface area contributed by atoms with Crippen LogP contribution in [0.3, 0.4) is 0 Å². The molecule has 3 N–H and O–H groups in total. The number of nitrogens with zero attached hydrogens (tertiary/aromatic N) is 5. The molecule has 0 spiro atoms. The Balaban J connectivity index is 1.11. The number of hydrogen-bond donors (Lipinski definition) is 3. The van der Waals surface area contributed by atoms with Crippen LogP contribution in [0.1, 0.15) is 34.0 Å². The minimum atomic E-state index is -1.26. The lowest BCUT2D eigenvalue weighted by atomic mass is 9.77. The van der Waals surface area contributed by atoms with Gasteiger partial charge in [0.1, 0.15) is 41.7 Å². The summed E-state index contributed by atoms with van der Waals surface area (Å²) in [6, 6.07) is 36.7. The van der Waals surface area contributed by atoms with E-state index in [1.54, 1.807) is 29.1 Å². The summed E-state index contributed by atoms with van der Waals surface area (Å²) < 4.78 is 49.2. The molecule has 17 nitrogen and oxygen atoms in total. The quantitative estimate of drug-likeness (QED) is 0.0491. The number of aromatic nitrogens is 4. The number of rotatable bonds is 16. The van der Waals surface area contributed by atoms with Crippen molar-refractivity contribution in [2.24, 2.45) is 0 Å². The van der Waals surface area contributed by atoms with Gasteiger partial charge in [-0.25, -0.2) is 15.0 Å². The second kappa shape index (κ2) is 21.9. The number of amides is 1. The Bertz CT molecular complexity index is 2890. The summed E-state index contributed by atoms with van der Waals surface area (Å²) in [4.78, 5) is 30.7. The molecule has 0 aliphatic carbocycles. The fraction of sp³-hybridized carbons (Fsp3) is 0.259. The van der Waals surface area contributed by atoms with E-state index in [1.165, 1.54) is 57.9 Å². The first-order valence-electron chi connectivity index (χ1n) is 22.8. The third-order valence-corrected chi connectivity index (χ3v) is 12.4. The normalized spacial score (nSPS) is 19.1. The Morgan fingerprint density at radius 3 is 2.10 bits per heavy atom. The molecule has 0 unspecified atom stereocenters. The van der Waals surface area contributed by atoms with Crippen LogP contribution in [-0.2, 0) is 42.2 Å². The minimum Gasteiger partial charge on any atom is -0.508 e. The number of ether oxygens (including phenoxy) is 8. The largest absolute Gasteiger partial charge is 0.508 e. The molecule has 5 aromatic carbocycles. The summed E-state index contributed by atoms with van der Waals surface area (Å²) in [5.74, 6) is 1.18. The predicted molar refractivity (Wildman–Crippen MR) is 264 cm³/mol. The number of allylic oxidation sites excluding steroid dienone is 1. The van der Waals surface area contributed by atoms with Gasteiger partial charge in [-0.15, -0.1) is 0 Å². The standard InChI is InChI=1S/C54H54N6O11/c1-64-33-69-44-29-41-48(70-34-65-2)40(49(44)67-4)22-14-15-27-68-50-42(25-26-45(62)59(41)30-35-23-24-39(61)28-43(35)66-3)71-53(47(50)63)60-32-57-46-51(55-31-56-52(46)60)58-54(36-16-8-5-9-17-36,37-18-10-6-11-19-37)38-20-12-7-13-21-38/h5-21,23-26,28-29,31-32,42,47,50,53,61,63H,22,27,30,33-34H2,1-4H3,(H,55,56,58)/b15-14+,26-25+/t42-,47-,50-,53-/m1/s1. The summed E-state index contributed by atoms with van der Waals surface area (Å²) in [5.41, 5.74) is 4.22. The van der Waals surface area contributed by atoms with Crippen molar-refractivity contribution in [1.82, 2.24) is 19.5 Å². The van der Waals surface area contributed by atoms with Crippen molar-refractivity contribution in [1.29, 1.82) is 0 Å². The summed E-state index contributed by atoms with van der Waals surface area (Å²) >= 11 is 0. The third-order valence-electron chi connectivity index (χ3n) is 12.4. The van der Waals surface area contributed by atoms with Gasteiger partial charge in [-0.05, 0) is 41.3 Å². The zero-order valence-electron chi connectivity index (χ0n) is 39.6. The first-order chi connectivity index (χ1) is 34.8. The summed E-state index contributed by atoms with van der Waals surface area (Å²) in [7, 11) is 5.97. The van der Waals surface area contributed by atoms with Crippen LogP contribution in [-0.4, -0.2) is 103 Å².